The molecule has 29 heavy (non-hydrogen) atoms. The first-order valence-electron chi connectivity index (χ1n) is 9.42. The summed E-state index contributed by atoms with van der Waals surface area (Å²) in [5, 5.41) is 4.01. The minimum Gasteiger partial charge on any atom is -0.338 e. The van der Waals surface area contributed by atoms with E-state index in [-0.39, 0.29) is 5.91 Å². The van der Waals surface area contributed by atoms with Crippen molar-refractivity contribution < 1.29 is 4.79 Å². The van der Waals surface area contributed by atoms with E-state index >= 15 is 0 Å². The lowest BCUT2D eigenvalue weighted by atomic mass is 10.2. The molecule has 0 saturated carbocycles. The minimum absolute atomic E-state index is 0.221. The molecule has 1 amide bonds. The summed E-state index contributed by atoms with van der Waals surface area (Å²) in [6, 6.07) is 11.7. The third-order valence-corrected chi connectivity index (χ3v) is 5.72. The van der Waals surface area contributed by atoms with Gasteiger partial charge in [-0.15, -0.1) is 0 Å². The summed E-state index contributed by atoms with van der Waals surface area (Å²) < 4.78 is 0. The van der Waals surface area contributed by atoms with Crippen molar-refractivity contribution >= 4 is 38.5 Å². The van der Waals surface area contributed by atoms with Gasteiger partial charge in [0.1, 0.15) is 16.2 Å². The van der Waals surface area contributed by atoms with Gasteiger partial charge in [0.25, 0.3) is 0 Å². The van der Waals surface area contributed by atoms with Crippen molar-refractivity contribution in [3.05, 3.63) is 60.6 Å². The molecule has 0 spiro atoms. The monoisotopic (exact) mass is 402 g/mol. The van der Waals surface area contributed by atoms with Crippen LogP contribution in [0.25, 0.3) is 21.6 Å². The quantitative estimate of drug-likeness (QED) is 0.543. The number of nitrogens with zero attached hydrogens (tertiary/aromatic N) is 5. The number of amides is 1. The number of thiazole rings is 1. The largest absolute Gasteiger partial charge is 0.338 e. The number of rotatable bonds is 5. The highest BCUT2D eigenvalue weighted by molar-refractivity contribution is 7.21. The number of fused-ring (bicyclic) bond motifs is 1. The molecule has 1 aliphatic rings. The van der Waals surface area contributed by atoms with Crippen LogP contribution >= 0.6 is 11.3 Å². The molecule has 0 aromatic carbocycles. The van der Waals surface area contributed by atoms with Gasteiger partial charge in [-0.2, -0.15) is 0 Å². The molecule has 144 valence electrons. The van der Waals surface area contributed by atoms with E-state index in [4.69, 9.17) is 4.98 Å². The van der Waals surface area contributed by atoms with Crippen molar-refractivity contribution in [1.29, 1.82) is 0 Å². The molecular formula is C21H18N6OS. The van der Waals surface area contributed by atoms with E-state index in [1.54, 1.807) is 18.6 Å². The zero-order valence-electron chi connectivity index (χ0n) is 15.6. The first-order valence-corrected chi connectivity index (χ1v) is 10.2. The van der Waals surface area contributed by atoms with Gasteiger partial charge in [-0.05, 0) is 48.4 Å². The predicted molar refractivity (Wildman–Crippen MR) is 113 cm³/mol. The minimum atomic E-state index is 0.221. The highest BCUT2D eigenvalue weighted by atomic mass is 32.1. The van der Waals surface area contributed by atoms with Crippen molar-refractivity contribution in [1.82, 2.24) is 24.8 Å². The average molecular weight is 402 g/mol. The first kappa shape index (κ1) is 17.7. The topological polar surface area (TPSA) is 83.9 Å². The van der Waals surface area contributed by atoms with Crippen molar-refractivity contribution in [2.45, 2.75) is 19.4 Å². The van der Waals surface area contributed by atoms with Crippen molar-refractivity contribution in [2.75, 3.05) is 11.9 Å². The molecule has 4 aromatic rings. The third-order valence-electron chi connectivity index (χ3n) is 4.84. The summed E-state index contributed by atoms with van der Waals surface area (Å²) in [5.41, 5.74) is 3.81. The summed E-state index contributed by atoms with van der Waals surface area (Å²) in [6.45, 7) is 1.44. The number of aromatic nitrogens is 4. The van der Waals surface area contributed by atoms with E-state index in [9.17, 15) is 4.79 Å². The summed E-state index contributed by atoms with van der Waals surface area (Å²) in [4.78, 5) is 32.4. The second kappa shape index (κ2) is 7.56. The number of hydrogen-bond donors (Lipinski definition) is 1. The standard InChI is InChI=1S/C21H18N6OS/c28-19-2-1-11-27(19)13-14-5-10-23-18(12-14)26-21-25-17-4-3-16(24-20(17)29-21)15-6-8-22-9-7-15/h3-10,12H,1-2,11,13H2,(H,23,25,26). The normalized spacial score (nSPS) is 13.9. The summed E-state index contributed by atoms with van der Waals surface area (Å²) in [7, 11) is 0. The lowest BCUT2D eigenvalue weighted by molar-refractivity contribution is -0.128. The number of carbonyl (C=O) groups is 1. The molecule has 4 aromatic heterocycles. The molecule has 1 fully saturated rings. The van der Waals surface area contributed by atoms with Crippen LogP contribution in [0, 0.1) is 0 Å². The predicted octanol–water partition coefficient (Wildman–Crippen LogP) is 4.01. The molecular weight excluding hydrogens is 384 g/mol. The van der Waals surface area contributed by atoms with E-state index in [1.165, 1.54) is 11.3 Å². The Balaban J connectivity index is 1.36. The lowest BCUT2D eigenvalue weighted by Crippen LogP contribution is -2.23. The van der Waals surface area contributed by atoms with Gasteiger partial charge < -0.3 is 10.2 Å². The fraction of sp³-hybridized carbons (Fsp3) is 0.190. The molecule has 7 nitrogen and oxygen atoms in total. The number of carbonyl (C=O) groups excluding carboxylic acids is 1. The van der Waals surface area contributed by atoms with E-state index in [0.29, 0.717) is 18.8 Å². The van der Waals surface area contributed by atoms with Crippen LogP contribution in [0.5, 0.6) is 0 Å². The van der Waals surface area contributed by atoms with E-state index in [2.05, 4.69) is 20.3 Å². The molecule has 0 radical (unpaired) electrons. The second-order valence-corrected chi connectivity index (χ2v) is 7.85. The lowest BCUT2D eigenvalue weighted by Gasteiger charge is -2.15. The molecule has 8 heteroatoms. The van der Waals surface area contributed by atoms with Crippen LogP contribution in [0.4, 0.5) is 10.9 Å². The van der Waals surface area contributed by atoms with Gasteiger partial charge in [-0.1, -0.05) is 11.3 Å². The van der Waals surface area contributed by atoms with Gasteiger partial charge in [0.05, 0.1) is 5.69 Å². The van der Waals surface area contributed by atoms with Gasteiger partial charge in [-0.25, -0.2) is 15.0 Å². The van der Waals surface area contributed by atoms with E-state index < -0.39 is 0 Å². The van der Waals surface area contributed by atoms with Crippen LogP contribution < -0.4 is 5.32 Å². The maximum absolute atomic E-state index is 11.9. The van der Waals surface area contributed by atoms with Crippen LogP contribution in [0.2, 0.25) is 0 Å². The Morgan fingerprint density at radius 3 is 2.79 bits per heavy atom. The number of likely N-dealkylation sites (tertiary alicyclic amines) is 1. The highest BCUT2D eigenvalue weighted by Gasteiger charge is 2.20. The molecule has 1 N–H and O–H groups in total. The number of hydrogen-bond acceptors (Lipinski definition) is 7. The number of anilines is 2. The second-order valence-electron chi connectivity index (χ2n) is 6.87. The maximum Gasteiger partial charge on any atom is 0.222 e. The summed E-state index contributed by atoms with van der Waals surface area (Å²) >= 11 is 1.49. The molecule has 5 rings (SSSR count). The Bertz CT molecular complexity index is 1180. The Morgan fingerprint density at radius 2 is 1.97 bits per heavy atom. The smallest absolute Gasteiger partial charge is 0.222 e. The van der Waals surface area contributed by atoms with Crippen LogP contribution in [0.15, 0.2) is 55.0 Å². The molecule has 1 aliphatic heterocycles. The maximum atomic E-state index is 11.9. The van der Waals surface area contributed by atoms with Gasteiger partial charge in [-0.3, -0.25) is 9.78 Å². The first-order chi connectivity index (χ1) is 14.2. The Kier molecular flexibility index (Phi) is 4.61. The zero-order valence-corrected chi connectivity index (χ0v) is 16.4. The molecule has 1 saturated heterocycles. The highest BCUT2D eigenvalue weighted by Crippen LogP contribution is 2.29. The Hall–Kier alpha value is -3.39. The summed E-state index contributed by atoms with van der Waals surface area (Å²) in [6.07, 6.45) is 6.86. The Morgan fingerprint density at radius 1 is 1.07 bits per heavy atom. The van der Waals surface area contributed by atoms with E-state index in [1.807, 2.05) is 41.3 Å². The molecule has 0 atom stereocenters. The van der Waals surface area contributed by atoms with Crippen LogP contribution in [-0.2, 0) is 11.3 Å². The average Bonchev–Trinajstić information content (AvgIpc) is 3.33. The van der Waals surface area contributed by atoms with Crippen LogP contribution in [0.3, 0.4) is 0 Å². The molecule has 0 aliphatic carbocycles. The Labute approximate surface area is 171 Å². The van der Waals surface area contributed by atoms with Gasteiger partial charge in [0.15, 0.2) is 5.13 Å². The summed E-state index contributed by atoms with van der Waals surface area (Å²) in [5.74, 6) is 0.932. The fourth-order valence-corrected chi connectivity index (χ4v) is 4.24. The molecule has 5 heterocycles. The van der Waals surface area contributed by atoms with E-state index in [0.717, 1.165) is 45.3 Å². The van der Waals surface area contributed by atoms with Gasteiger partial charge in [0, 0.05) is 43.7 Å². The van der Waals surface area contributed by atoms with Crippen molar-refractivity contribution in [3.63, 3.8) is 0 Å². The SMILES string of the molecule is O=C1CCCN1Cc1ccnc(Nc2nc3ccc(-c4ccncc4)nc3s2)c1. The number of nitrogens with one attached hydrogen (secondary N) is 1. The van der Waals surface area contributed by atoms with Gasteiger partial charge in [0.2, 0.25) is 5.91 Å². The third kappa shape index (κ3) is 3.79. The van der Waals surface area contributed by atoms with Crippen molar-refractivity contribution in [3.8, 4) is 11.3 Å². The number of pyridine rings is 3. The molecule has 0 bridgehead atoms. The van der Waals surface area contributed by atoms with Crippen LogP contribution in [0.1, 0.15) is 18.4 Å². The fourth-order valence-electron chi connectivity index (χ4n) is 3.40. The van der Waals surface area contributed by atoms with Crippen LogP contribution in [-0.4, -0.2) is 37.3 Å². The van der Waals surface area contributed by atoms with Gasteiger partial charge >= 0.3 is 0 Å². The molecule has 0 unspecified atom stereocenters. The van der Waals surface area contributed by atoms with Crippen molar-refractivity contribution in [2.24, 2.45) is 0 Å². The zero-order chi connectivity index (χ0) is 19.6.